The Morgan fingerprint density at radius 1 is 0.902 bits per heavy atom. The normalized spacial score (nSPS) is 27.6. The number of hydrogen-bond acceptors (Lipinski definition) is 3. The number of nitrogens with one attached hydrogen (secondary N) is 1. The van der Waals surface area contributed by atoms with Gasteiger partial charge in [0.15, 0.2) is 9.84 Å². The Balaban J connectivity index is 1.65. The van der Waals surface area contributed by atoms with Crippen LogP contribution in [0.5, 0.6) is 0 Å². The van der Waals surface area contributed by atoms with Gasteiger partial charge in [-0.15, -0.1) is 0 Å². The van der Waals surface area contributed by atoms with E-state index in [1.54, 1.807) is 0 Å². The monoisotopic (exact) mass is 617 g/mol. The first-order valence-corrected chi connectivity index (χ1v) is 13.9. The predicted octanol–water partition coefficient (Wildman–Crippen LogP) is 6.28. The summed E-state index contributed by atoms with van der Waals surface area (Å²) < 4.78 is 162. The van der Waals surface area contributed by atoms with Gasteiger partial charge in [-0.05, 0) is 67.0 Å². The van der Waals surface area contributed by atoms with Crippen LogP contribution in [-0.2, 0) is 31.5 Å². The highest BCUT2D eigenvalue weighted by Crippen LogP contribution is 2.61. The molecule has 3 aliphatic carbocycles. The van der Waals surface area contributed by atoms with Crippen LogP contribution in [0.15, 0.2) is 47.4 Å². The number of rotatable bonds is 5. The Bertz CT molecular complexity index is 1470. The highest BCUT2D eigenvalue weighted by molar-refractivity contribution is 7.92. The van der Waals surface area contributed by atoms with Gasteiger partial charge in [0.25, 0.3) is 5.92 Å². The molecule has 5 rings (SSSR count). The Morgan fingerprint density at radius 3 is 2.02 bits per heavy atom. The van der Waals surface area contributed by atoms with Crippen LogP contribution in [0.4, 0.5) is 43.9 Å². The summed E-state index contributed by atoms with van der Waals surface area (Å²) in [6.07, 6.45) is -14.5. The molecule has 4 atom stereocenters. The lowest BCUT2D eigenvalue weighted by molar-refractivity contribution is -0.348. The number of benzene rings is 2. The maximum atomic E-state index is 14.8. The molecule has 2 saturated carbocycles. The van der Waals surface area contributed by atoms with Gasteiger partial charge in [0, 0.05) is 17.9 Å². The first-order chi connectivity index (χ1) is 18.8. The van der Waals surface area contributed by atoms with Crippen molar-refractivity contribution in [3.63, 3.8) is 0 Å². The second kappa shape index (κ2) is 9.08. The average Bonchev–Trinajstić information content (AvgIpc) is 3.27. The van der Waals surface area contributed by atoms with Gasteiger partial charge >= 0.3 is 18.0 Å². The molecule has 41 heavy (non-hydrogen) atoms. The fraction of sp³-hybridized carbons (Fsp3) is 0.500. The summed E-state index contributed by atoms with van der Waals surface area (Å²) in [5.41, 5.74) is -8.05. The van der Waals surface area contributed by atoms with Crippen LogP contribution in [-0.4, -0.2) is 38.6 Å². The summed E-state index contributed by atoms with van der Waals surface area (Å²) in [5.74, 6) is -7.04. The maximum Gasteiger partial charge on any atom is 0.435 e. The van der Waals surface area contributed by atoms with E-state index in [1.807, 2.05) is 0 Å². The van der Waals surface area contributed by atoms with Gasteiger partial charge in [-0.1, -0.05) is 18.2 Å². The zero-order valence-corrected chi connectivity index (χ0v) is 21.5. The number of alkyl halides is 9. The van der Waals surface area contributed by atoms with Crippen molar-refractivity contribution < 1.29 is 57.1 Å². The SMILES string of the molecule is O=C(NC1CC1(F)F)[C@@H]1CC[C@@]2(S(=O)(=O)c3ccc(F)cc3)c3ccc(C(F)(C(F)(F)F)C(F)(F)F)cc3CC[C@@H]12. The zero-order valence-electron chi connectivity index (χ0n) is 20.7. The van der Waals surface area contributed by atoms with Gasteiger partial charge in [-0.3, -0.25) is 4.79 Å². The first kappa shape index (κ1) is 29.6. The number of carbonyl (C=O) groups is 1. The Morgan fingerprint density at radius 2 is 1.49 bits per heavy atom. The number of halogens is 10. The van der Waals surface area contributed by atoms with Crippen molar-refractivity contribution in [1.82, 2.24) is 5.32 Å². The summed E-state index contributed by atoms with van der Waals surface area (Å²) in [4.78, 5) is 12.6. The summed E-state index contributed by atoms with van der Waals surface area (Å²) >= 11 is 0. The number of carbonyl (C=O) groups excluding carboxylic acids is 1. The summed E-state index contributed by atoms with van der Waals surface area (Å²) in [6, 6.07) is 3.34. The second-order valence-corrected chi connectivity index (χ2v) is 12.9. The maximum absolute atomic E-state index is 14.8. The molecule has 224 valence electrons. The van der Waals surface area contributed by atoms with E-state index in [1.165, 1.54) is 0 Å². The van der Waals surface area contributed by atoms with E-state index in [4.69, 9.17) is 0 Å². The number of amides is 1. The molecule has 0 bridgehead atoms. The van der Waals surface area contributed by atoms with Gasteiger partial charge in [0.1, 0.15) is 10.6 Å². The van der Waals surface area contributed by atoms with Crippen molar-refractivity contribution in [1.29, 1.82) is 0 Å². The summed E-state index contributed by atoms with van der Waals surface area (Å²) in [6.45, 7) is 0. The molecule has 1 N–H and O–H groups in total. The van der Waals surface area contributed by atoms with Gasteiger partial charge in [-0.25, -0.2) is 26.0 Å². The van der Waals surface area contributed by atoms with Crippen molar-refractivity contribution in [2.75, 3.05) is 0 Å². The average molecular weight is 618 g/mol. The van der Waals surface area contributed by atoms with E-state index < -0.39 is 85.0 Å². The minimum atomic E-state index is -6.39. The highest BCUT2D eigenvalue weighted by Gasteiger charge is 2.74. The molecule has 15 heteroatoms. The third-order valence-corrected chi connectivity index (χ3v) is 11.0. The van der Waals surface area contributed by atoms with E-state index in [0.717, 1.165) is 24.3 Å². The molecule has 1 amide bonds. The summed E-state index contributed by atoms with van der Waals surface area (Å²) in [7, 11) is -4.63. The molecule has 2 aromatic rings. The Kier molecular flexibility index (Phi) is 6.56. The van der Waals surface area contributed by atoms with E-state index in [9.17, 15) is 57.1 Å². The minimum Gasteiger partial charge on any atom is -0.347 e. The molecular formula is C26H21F10NO3S. The lowest BCUT2D eigenvalue weighted by Gasteiger charge is -2.42. The molecule has 0 spiro atoms. The lowest BCUT2D eigenvalue weighted by atomic mass is 9.72. The zero-order chi connectivity index (χ0) is 30.4. The van der Waals surface area contributed by atoms with Gasteiger partial charge in [0.05, 0.1) is 10.9 Å². The van der Waals surface area contributed by atoms with E-state index in [-0.39, 0.29) is 42.9 Å². The topological polar surface area (TPSA) is 63.2 Å². The van der Waals surface area contributed by atoms with Gasteiger partial charge < -0.3 is 5.32 Å². The van der Waals surface area contributed by atoms with Crippen molar-refractivity contribution in [2.24, 2.45) is 11.8 Å². The molecule has 0 saturated heterocycles. The van der Waals surface area contributed by atoms with Crippen LogP contribution in [0.2, 0.25) is 0 Å². The molecule has 1 unspecified atom stereocenters. The highest BCUT2D eigenvalue weighted by atomic mass is 32.2. The van der Waals surface area contributed by atoms with E-state index in [2.05, 4.69) is 5.32 Å². The molecule has 0 aromatic heterocycles. The van der Waals surface area contributed by atoms with Crippen molar-refractivity contribution in [2.45, 2.75) is 71.7 Å². The Hall–Kier alpha value is -2.84. The minimum absolute atomic E-state index is 0.158. The van der Waals surface area contributed by atoms with Crippen molar-refractivity contribution in [3.05, 3.63) is 65.0 Å². The third kappa shape index (κ3) is 4.32. The molecule has 3 aliphatic rings. The van der Waals surface area contributed by atoms with Gasteiger partial charge in [0.2, 0.25) is 5.91 Å². The number of sulfone groups is 1. The fourth-order valence-corrected chi connectivity index (χ4v) is 8.81. The molecule has 0 radical (unpaired) electrons. The van der Waals surface area contributed by atoms with Crippen molar-refractivity contribution in [3.8, 4) is 0 Å². The van der Waals surface area contributed by atoms with Crippen LogP contribution in [0.25, 0.3) is 0 Å². The quantitative estimate of drug-likeness (QED) is 0.318. The summed E-state index contributed by atoms with van der Waals surface area (Å²) in [5, 5.41) is 2.19. The van der Waals surface area contributed by atoms with Crippen molar-refractivity contribution >= 4 is 15.7 Å². The van der Waals surface area contributed by atoms with Crippen LogP contribution in [0, 0.1) is 17.7 Å². The standard InChI is InChI=1S/C26H21F10NO3S/c27-15-3-5-16(6-4-15)41(39,40)22-10-9-17(21(38)37-20-12-23(20,28)29)19(22)7-1-13-11-14(2-8-18(13)22)24(30,25(31,32)33)26(34,35)36/h2-6,8,11,17,19-20H,1,7,9-10,12H2,(H,37,38)/t17-,19+,20?,22-/m1/s1. The fourth-order valence-electron chi connectivity index (χ4n) is 6.34. The van der Waals surface area contributed by atoms with E-state index >= 15 is 0 Å². The molecule has 0 aliphatic heterocycles. The lowest BCUT2D eigenvalue weighted by Crippen LogP contribution is -2.51. The first-order valence-electron chi connectivity index (χ1n) is 12.4. The molecule has 2 fully saturated rings. The number of fused-ring (bicyclic) bond motifs is 3. The van der Waals surface area contributed by atoms with Crippen LogP contribution < -0.4 is 5.32 Å². The predicted molar refractivity (Wildman–Crippen MR) is 123 cm³/mol. The molecule has 2 aromatic carbocycles. The molecule has 4 nitrogen and oxygen atoms in total. The van der Waals surface area contributed by atoms with Gasteiger partial charge in [-0.2, -0.15) is 26.3 Å². The second-order valence-electron chi connectivity index (χ2n) is 10.7. The largest absolute Gasteiger partial charge is 0.435 e. The Labute approximate surface area is 227 Å². The molecular weight excluding hydrogens is 596 g/mol. The third-order valence-electron chi connectivity index (χ3n) is 8.46. The molecule has 0 heterocycles. The van der Waals surface area contributed by atoms with Crippen LogP contribution >= 0.6 is 0 Å². The number of aryl methyl sites for hydroxylation is 1. The smallest absolute Gasteiger partial charge is 0.347 e. The van der Waals surface area contributed by atoms with Crippen LogP contribution in [0.3, 0.4) is 0 Å². The van der Waals surface area contributed by atoms with Crippen LogP contribution in [0.1, 0.15) is 42.4 Å². The number of hydrogen-bond donors (Lipinski definition) is 1. The van der Waals surface area contributed by atoms with E-state index in [0.29, 0.717) is 12.1 Å².